The number of hydrogen-bond donors (Lipinski definition) is 1. The van der Waals surface area contributed by atoms with Crippen molar-refractivity contribution < 1.29 is 13.9 Å². The molecule has 51 heavy (non-hydrogen) atoms. The number of oxazole rings is 1. The molecule has 0 saturated carbocycles. The highest BCUT2D eigenvalue weighted by Crippen LogP contribution is 2.42. The van der Waals surface area contributed by atoms with Gasteiger partial charge in [0.15, 0.2) is 5.58 Å². The van der Waals surface area contributed by atoms with Crippen molar-refractivity contribution in [1.29, 1.82) is 0 Å². The maximum Gasteiger partial charge on any atom is 0.229 e. The van der Waals surface area contributed by atoms with Crippen LogP contribution in [0.4, 0.5) is 5.69 Å². The third kappa shape index (κ3) is 5.99. The molecule has 0 saturated heterocycles. The van der Waals surface area contributed by atoms with E-state index in [1.165, 1.54) is 5.56 Å². The number of aliphatic imine (C=N–C) groups is 1. The topological polar surface area (TPSA) is 71.8 Å². The Morgan fingerprint density at radius 2 is 1.27 bits per heavy atom. The average molecular weight is 669 g/mol. The van der Waals surface area contributed by atoms with Crippen molar-refractivity contribution in [3.63, 3.8) is 0 Å². The molecule has 252 valence electrons. The third-order valence-corrected chi connectivity index (χ3v) is 9.64. The van der Waals surface area contributed by atoms with Crippen molar-refractivity contribution in [3.8, 4) is 39.5 Å². The summed E-state index contributed by atoms with van der Waals surface area (Å²) in [7, 11) is 0. The van der Waals surface area contributed by atoms with Gasteiger partial charge >= 0.3 is 0 Å². The summed E-state index contributed by atoms with van der Waals surface area (Å²) in [5.41, 5.74) is 11.5. The highest BCUT2D eigenvalue weighted by molar-refractivity contribution is 6.12. The Hall–Kier alpha value is -5.94. The van der Waals surface area contributed by atoms with E-state index in [-0.39, 0.29) is 16.6 Å². The van der Waals surface area contributed by atoms with Gasteiger partial charge < -0.3 is 13.9 Å². The summed E-state index contributed by atoms with van der Waals surface area (Å²) in [5, 5.41) is 12.8. The van der Waals surface area contributed by atoms with Crippen LogP contribution in [0.5, 0.6) is 5.75 Å². The van der Waals surface area contributed by atoms with Gasteiger partial charge in [0, 0.05) is 33.7 Å². The van der Waals surface area contributed by atoms with Gasteiger partial charge in [-0.1, -0.05) is 120 Å². The van der Waals surface area contributed by atoms with Crippen LogP contribution in [0.15, 0.2) is 135 Å². The quantitative estimate of drug-likeness (QED) is 0.185. The first-order valence-corrected chi connectivity index (χ1v) is 17.4. The zero-order chi connectivity index (χ0) is 35.5. The minimum Gasteiger partial charge on any atom is -0.507 e. The van der Waals surface area contributed by atoms with Gasteiger partial charge in [-0.15, -0.1) is 0 Å². The standard InChI is InChI=1S/C46H40N2O3/c1-45(2,3)31-20-18-28(19-21-31)29-25-37(35-15-11-14-34-33-12-8-10-17-40(33)50-43(34)35)42-41(26-29)51-44(48-42)36-13-7-9-16-38(36)47-27-30-24-32(46(4,5)6)22-23-39(30)49/h7-27,49H,1-6H3. The number of fused-ring (bicyclic) bond motifs is 4. The van der Waals surface area contributed by atoms with Crippen molar-refractivity contribution >= 4 is 44.9 Å². The van der Waals surface area contributed by atoms with E-state index >= 15 is 0 Å². The predicted octanol–water partition coefficient (Wildman–Crippen LogP) is 12.8. The Labute approximate surface area is 297 Å². The van der Waals surface area contributed by atoms with Crippen molar-refractivity contribution in [2.75, 3.05) is 0 Å². The van der Waals surface area contributed by atoms with Gasteiger partial charge in [0.25, 0.3) is 0 Å². The monoisotopic (exact) mass is 668 g/mol. The number of aromatic nitrogens is 1. The number of furan rings is 1. The van der Waals surface area contributed by atoms with Crippen molar-refractivity contribution in [1.82, 2.24) is 4.98 Å². The molecular weight excluding hydrogens is 629 g/mol. The molecule has 0 atom stereocenters. The lowest BCUT2D eigenvalue weighted by atomic mass is 9.86. The first-order chi connectivity index (χ1) is 24.4. The van der Waals surface area contributed by atoms with Crippen LogP contribution in [0.2, 0.25) is 0 Å². The summed E-state index contributed by atoms with van der Waals surface area (Å²) in [6, 6.07) is 40.9. The Morgan fingerprint density at radius 3 is 2.06 bits per heavy atom. The second kappa shape index (κ2) is 12.1. The summed E-state index contributed by atoms with van der Waals surface area (Å²) >= 11 is 0. The van der Waals surface area contributed by atoms with E-state index in [2.05, 4.69) is 102 Å². The predicted molar refractivity (Wildman–Crippen MR) is 210 cm³/mol. The summed E-state index contributed by atoms with van der Waals surface area (Å²) in [6.07, 6.45) is 1.71. The number of phenolic OH excluding ortho intramolecular Hbond substituents is 1. The molecule has 0 amide bonds. The normalized spacial score (nSPS) is 12.5. The Morgan fingerprint density at radius 1 is 0.588 bits per heavy atom. The van der Waals surface area contributed by atoms with E-state index in [9.17, 15) is 5.11 Å². The molecule has 0 unspecified atom stereocenters. The van der Waals surface area contributed by atoms with E-state index < -0.39 is 0 Å². The van der Waals surface area contributed by atoms with E-state index in [0.29, 0.717) is 22.7 Å². The van der Waals surface area contributed by atoms with E-state index in [4.69, 9.17) is 18.8 Å². The number of phenols is 1. The van der Waals surface area contributed by atoms with Gasteiger partial charge in [-0.05, 0) is 75.5 Å². The molecule has 1 N–H and O–H groups in total. The van der Waals surface area contributed by atoms with Crippen LogP contribution in [0.25, 0.3) is 66.7 Å². The molecule has 0 bridgehead atoms. The zero-order valence-electron chi connectivity index (χ0n) is 29.8. The molecule has 0 spiro atoms. The Balaban J connectivity index is 1.30. The molecule has 8 aromatic rings. The van der Waals surface area contributed by atoms with Crippen LogP contribution >= 0.6 is 0 Å². The molecule has 8 rings (SSSR count). The number of para-hydroxylation sites is 3. The van der Waals surface area contributed by atoms with Gasteiger partial charge in [0.2, 0.25) is 5.89 Å². The smallest absolute Gasteiger partial charge is 0.229 e. The highest BCUT2D eigenvalue weighted by atomic mass is 16.3. The molecule has 0 aliphatic heterocycles. The fraction of sp³-hybridized carbons (Fsp3) is 0.174. The first kappa shape index (κ1) is 32.3. The van der Waals surface area contributed by atoms with Gasteiger partial charge in [-0.25, -0.2) is 4.98 Å². The number of rotatable bonds is 5. The van der Waals surface area contributed by atoms with Gasteiger partial charge in [-0.3, -0.25) is 4.99 Å². The molecule has 2 aromatic heterocycles. The van der Waals surface area contributed by atoms with Crippen LogP contribution in [-0.4, -0.2) is 16.3 Å². The number of benzene rings is 6. The number of aromatic hydroxyl groups is 1. The molecule has 0 fully saturated rings. The molecule has 5 nitrogen and oxygen atoms in total. The summed E-state index contributed by atoms with van der Waals surface area (Å²) in [5.74, 6) is 0.641. The Kier molecular flexibility index (Phi) is 7.68. The van der Waals surface area contributed by atoms with Crippen molar-refractivity contribution in [2.24, 2.45) is 4.99 Å². The molecule has 6 aromatic carbocycles. The SMILES string of the molecule is CC(C)(C)c1ccc(-c2cc(-c3cccc4c3oc3ccccc34)c3nc(-c4ccccc4N=Cc4cc(C(C)(C)C)ccc4O)oc3c2)cc1. The minimum absolute atomic E-state index is 0.0500. The third-order valence-electron chi connectivity index (χ3n) is 9.64. The summed E-state index contributed by atoms with van der Waals surface area (Å²) < 4.78 is 13.2. The molecule has 0 aliphatic carbocycles. The largest absolute Gasteiger partial charge is 0.507 e. The lowest BCUT2D eigenvalue weighted by Gasteiger charge is -2.19. The fourth-order valence-corrected chi connectivity index (χ4v) is 6.67. The van der Waals surface area contributed by atoms with Crippen LogP contribution < -0.4 is 0 Å². The highest BCUT2D eigenvalue weighted by Gasteiger charge is 2.21. The van der Waals surface area contributed by atoms with Crippen LogP contribution in [0, 0.1) is 0 Å². The fourth-order valence-electron chi connectivity index (χ4n) is 6.67. The lowest BCUT2D eigenvalue weighted by Crippen LogP contribution is -2.11. The second-order valence-electron chi connectivity index (χ2n) is 15.3. The molecular formula is C46H40N2O3. The molecule has 5 heteroatoms. The van der Waals surface area contributed by atoms with E-state index in [1.807, 2.05) is 54.6 Å². The van der Waals surface area contributed by atoms with Crippen molar-refractivity contribution in [2.45, 2.75) is 52.4 Å². The van der Waals surface area contributed by atoms with E-state index in [1.54, 1.807) is 12.3 Å². The number of hydrogen-bond acceptors (Lipinski definition) is 5. The molecule has 0 radical (unpaired) electrons. The van der Waals surface area contributed by atoms with Gasteiger partial charge in [0.1, 0.15) is 22.4 Å². The van der Waals surface area contributed by atoms with E-state index in [0.717, 1.165) is 60.8 Å². The lowest BCUT2D eigenvalue weighted by molar-refractivity contribution is 0.473. The second-order valence-corrected chi connectivity index (χ2v) is 15.3. The average Bonchev–Trinajstić information content (AvgIpc) is 3.72. The maximum atomic E-state index is 10.7. The van der Waals surface area contributed by atoms with Crippen LogP contribution in [-0.2, 0) is 10.8 Å². The zero-order valence-corrected chi connectivity index (χ0v) is 29.8. The van der Waals surface area contributed by atoms with Crippen LogP contribution in [0.3, 0.4) is 0 Å². The summed E-state index contributed by atoms with van der Waals surface area (Å²) in [6.45, 7) is 13.1. The minimum atomic E-state index is -0.0652. The number of nitrogens with zero attached hydrogens (tertiary/aromatic N) is 2. The van der Waals surface area contributed by atoms with Crippen molar-refractivity contribution in [3.05, 3.63) is 138 Å². The molecule has 0 aliphatic rings. The summed E-state index contributed by atoms with van der Waals surface area (Å²) in [4.78, 5) is 10.00. The molecule has 2 heterocycles. The van der Waals surface area contributed by atoms with Gasteiger partial charge in [0.05, 0.1) is 11.3 Å². The first-order valence-electron chi connectivity index (χ1n) is 17.4. The van der Waals surface area contributed by atoms with Crippen LogP contribution in [0.1, 0.15) is 58.2 Å². The Bertz CT molecular complexity index is 2610. The van der Waals surface area contributed by atoms with Gasteiger partial charge in [-0.2, -0.15) is 0 Å². The maximum absolute atomic E-state index is 10.7.